The van der Waals surface area contributed by atoms with Crippen LogP contribution in [0.1, 0.15) is 66.2 Å². The summed E-state index contributed by atoms with van der Waals surface area (Å²) in [5.74, 6) is 0.157. The minimum absolute atomic E-state index is 0.0176. The molecule has 0 radical (unpaired) electrons. The van der Waals surface area contributed by atoms with Crippen molar-refractivity contribution in [3.8, 4) is 11.4 Å². The summed E-state index contributed by atoms with van der Waals surface area (Å²) in [5, 5.41) is 7.74. The van der Waals surface area contributed by atoms with Crippen molar-refractivity contribution in [2.24, 2.45) is 5.92 Å². The second kappa shape index (κ2) is 11.7. The molecule has 226 valence electrons. The Kier molecular flexibility index (Phi) is 7.84. The van der Waals surface area contributed by atoms with Gasteiger partial charge in [-0.15, -0.1) is 0 Å². The van der Waals surface area contributed by atoms with Crippen molar-refractivity contribution in [3.05, 3.63) is 95.8 Å². The molecule has 2 heterocycles. The summed E-state index contributed by atoms with van der Waals surface area (Å²) in [4.78, 5) is 35.9. The molecule has 2 aromatic heterocycles. The van der Waals surface area contributed by atoms with Gasteiger partial charge in [-0.1, -0.05) is 55.8 Å². The van der Waals surface area contributed by atoms with Crippen LogP contribution in [0.4, 0.5) is 13.2 Å². The van der Waals surface area contributed by atoms with Gasteiger partial charge in [0, 0.05) is 42.4 Å². The van der Waals surface area contributed by atoms with E-state index in [0.717, 1.165) is 34.9 Å². The molecule has 7 nitrogen and oxygen atoms in total. The van der Waals surface area contributed by atoms with Gasteiger partial charge >= 0.3 is 6.18 Å². The maximum atomic E-state index is 14.0. The molecule has 1 saturated carbocycles. The van der Waals surface area contributed by atoms with Crippen LogP contribution in [0.3, 0.4) is 0 Å². The Balaban J connectivity index is 1.43. The summed E-state index contributed by atoms with van der Waals surface area (Å²) in [5.41, 5.74) is 2.38. The van der Waals surface area contributed by atoms with E-state index in [9.17, 15) is 22.8 Å². The molecule has 3 aromatic carbocycles. The number of pyridine rings is 1. The molecule has 0 spiro atoms. The Hall–Kier alpha value is -4.73. The van der Waals surface area contributed by atoms with Gasteiger partial charge in [-0.3, -0.25) is 14.6 Å². The maximum absolute atomic E-state index is 14.0. The smallest absolute Gasteiger partial charge is 0.359 e. The van der Waals surface area contributed by atoms with Crippen LogP contribution in [0, 0.1) is 5.92 Å². The van der Waals surface area contributed by atoms with Crippen LogP contribution >= 0.6 is 0 Å². The first-order chi connectivity index (χ1) is 21.2. The van der Waals surface area contributed by atoms with Gasteiger partial charge in [-0.25, -0.2) is 4.98 Å². The maximum Gasteiger partial charge on any atom is 0.416 e. The Bertz CT molecular complexity index is 1840. The lowest BCUT2D eigenvalue weighted by Gasteiger charge is -2.36. The highest BCUT2D eigenvalue weighted by Crippen LogP contribution is 2.44. The van der Waals surface area contributed by atoms with E-state index in [1.807, 2.05) is 37.3 Å². The number of alkyl halides is 3. The largest absolute Gasteiger partial charge is 0.416 e. The molecule has 2 amide bonds. The molecular weight excluding hydrogens is 567 g/mol. The molecule has 10 heteroatoms. The van der Waals surface area contributed by atoms with Crippen LogP contribution in [0.15, 0.2) is 79.1 Å². The topological polar surface area (TPSA) is 88.9 Å². The molecule has 0 aliphatic heterocycles. The predicted octanol–water partition coefficient (Wildman–Crippen LogP) is 7.24. The van der Waals surface area contributed by atoms with Crippen LogP contribution in [0.25, 0.3) is 33.2 Å². The number of hydrogen-bond acceptors (Lipinski definition) is 4. The first-order valence-corrected chi connectivity index (χ1v) is 14.7. The van der Waals surface area contributed by atoms with E-state index in [2.05, 4.69) is 20.2 Å². The summed E-state index contributed by atoms with van der Waals surface area (Å²) < 4.78 is 41.6. The number of benzene rings is 3. The van der Waals surface area contributed by atoms with Gasteiger partial charge in [-0.05, 0) is 54.5 Å². The Morgan fingerprint density at radius 3 is 2.45 bits per heavy atom. The number of hydrogen-bond donors (Lipinski definition) is 2. The number of fused-ring (bicyclic) bond motifs is 2. The molecule has 44 heavy (non-hydrogen) atoms. The standard InChI is InChI=1S/C34H32F3N5O2/c1-3-7-28(20-12-14-23(15-13-20)34(35,36)37)41-33(44)26-10-6-11-29-30(26)42(24-16-22(17-24)32(43)38-2)31(40-29)27-19-39-18-21-8-4-5-9-25(21)27/h4-6,8-15,18-19,22,24,28H,3,7,16-17H2,1-2H3,(H,38,43)(H,41,44)/t22?,24?,28-/m0/s1. The number of aromatic nitrogens is 3. The van der Waals surface area contributed by atoms with Crippen LogP contribution in [-0.4, -0.2) is 33.4 Å². The fraction of sp³-hybridized carbons (Fsp3) is 0.294. The zero-order valence-corrected chi connectivity index (χ0v) is 24.4. The molecule has 0 saturated heterocycles. The lowest BCUT2D eigenvalue weighted by molar-refractivity contribution is -0.137. The fourth-order valence-corrected chi connectivity index (χ4v) is 6.14. The number of nitrogens with one attached hydrogen (secondary N) is 2. The Morgan fingerprint density at radius 2 is 1.75 bits per heavy atom. The predicted molar refractivity (Wildman–Crippen MR) is 163 cm³/mol. The third-order valence-corrected chi connectivity index (χ3v) is 8.48. The first kappa shape index (κ1) is 29.3. The summed E-state index contributed by atoms with van der Waals surface area (Å²) in [6.45, 7) is 1.96. The van der Waals surface area contributed by atoms with E-state index in [4.69, 9.17) is 4.98 Å². The van der Waals surface area contributed by atoms with Crippen molar-refractivity contribution < 1.29 is 22.8 Å². The fourth-order valence-electron chi connectivity index (χ4n) is 6.14. The van der Waals surface area contributed by atoms with E-state index < -0.39 is 17.8 Å². The van der Waals surface area contributed by atoms with Crippen molar-refractivity contribution in [2.45, 2.75) is 50.9 Å². The molecular formula is C34H32F3N5O2. The highest BCUT2D eigenvalue weighted by atomic mass is 19.4. The summed E-state index contributed by atoms with van der Waals surface area (Å²) >= 11 is 0. The lowest BCUT2D eigenvalue weighted by atomic mass is 9.79. The molecule has 0 bridgehead atoms. The third kappa shape index (κ3) is 5.40. The van der Waals surface area contributed by atoms with Gasteiger partial charge in [0.05, 0.1) is 28.2 Å². The Morgan fingerprint density at radius 1 is 1.00 bits per heavy atom. The first-order valence-electron chi connectivity index (χ1n) is 14.7. The van der Waals surface area contributed by atoms with Gasteiger partial charge in [0.1, 0.15) is 5.82 Å². The van der Waals surface area contributed by atoms with E-state index in [1.165, 1.54) is 12.1 Å². The molecule has 1 atom stereocenters. The molecule has 2 N–H and O–H groups in total. The van der Waals surface area contributed by atoms with Gasteiger partial charge in [0.2, 0.25) is 5.91 Å². The summed E-state index contributed by atoms with van der Waals surface area (Å²) in [6, 6.07) is 17.7. The minimum atomic E-state index is -4.44. The molecule has 1 aliphatic rings. The van der Waals surface area contributed by atoms with E-state index in [1.54, 1.807) is 31.6 Å². The molecule has 1 fully saturated rings. The Labute approximate surface area is 252 Å². The number of halogens is 3. The monoisotopic (exact) mass is 599 g/mol. The van der Waals surface area contributed by atoms with E-state index >= 15 is 0 Å². The van der Waals surface area contributed by atoms with Gasteiger partial charge in [0.25, 0.3) is 5.91 Å². The number of imidazole rings is 1. The van der Waals surface area contributed by atoms with Crippen molar-refractivity contribution >= 4 is 33.6 Å². The SMILES string of the molecule is CCC[C@H](NC(=O)c1cccc2nc(-c3cncc4ccccc34)n(C3CC(C(=O)NC)C3)c12)c1ccc(C(F)(F)F)cc1. The molecule has 0 unspecified atom stereocenters. The number of carbonyl (C=O) groups excluding carboxylic acids is 2. The summed E-state index contributed by atoms with van der Waals surface area (Å²) in [7, 11) is 1.63. The quantitative estimate of drug-likeness (QED) is 0.197. The minimum Gasteiger partial charge on any atom is -0.359 e. The summed E-state index contributed by atoms with van der Waals surface area (Å²) in [6.07, 6.45) is 1.59. The highest BCUT2D eigenvalue weighted by molar-refractivity contribution is 6.07. The molecule has 1 aliphatic carbocycles. The van der Waals surface area contributed by atoms with Crippen LogP contribution in [0.5, 0.6) is 0 Å². The second-order valence-corrected chi connectivity index (χ2v) is 11.3. The zero-order chi connectivity index (χ0) is 31.0. The van der Waals surface area contributed by atoms with Gasteiger partial charge in [0.15, 0.2) is 0 Å². The number of amides is 2. The number of carbonyl (C=O) groups is 2. The van der Waals surface area contributed by atoms with Crippen molar-refractivity contribution in [2.75, 3.05) is 7.05 Å². The molecule has 5 aromatic rings. The van der Waals surface area contributed by atoms with Crippen LogP contribution < -0.4 is 10.6 Å². The second-order valence-electron chi connectivity index (χ2n) is 11.3. The van der Waals surface area contributed by atoms with E-state index in [0.29, 0.717) is 47.2 Å². The van der Waals surface area contributed by atoms with E-state index in [-0.39, 0.29) is 23.8 Å². The van der Waals surface area contributed by atoms with Gasteiger partial charge < -0.3 is 15.2 Å². The number of para-hydroxylation sites is 1. The van der Waals surface area contributed by atoms with Crippen molar-refractivity contribution in [1.82, 2.24) is 25.2 Å². The van der Waals surface area contributed by atoms with Crippen molar-refractivity contribution in [3.63, 3.8) is 0 Å². The van der Waals surface area contributed by atoms with Crippen LogP contribution in [-0.2, 0) is 11.0 Å². The average Bonchev–Trinajstić information content (AvgIpc) is 3.38. The van der Waals surface area contributed by atoms with Gasteiger partial charge in [-0.2, -0.15) is 13.2 Å². The zero-order valence-electron chi connectivity index (χ0n) is 24.4. The molecule has 6 rings (SSSR count). The highest BCUT2D eigenvalue weighted by Gasteiger charge is 2.38. The average molecular weight is 600 g/mol. The number of rotatable bonds is 8. The number of nitrogens with zero attached hydrogens (tertiary/aromatic N) is 3. The third-order valence-electron chi connectivity index (χ3n) is 8.48. The van der Waals surface area contributed by atoms with Crippen LogP contribution in [0.2, 0.25) is 0 Å². The normalized spacial score (nSPS) is 17.3. The lowest BCUT2D eigenvalue weighted by Crippen LogP contribution is -2.38. The van der Waals surface area contributed by atoms with Crippen molar-refractivity contribution in [1.29, 1.82) is 0 Å².